The largest absolute Gasteiger partial charge is 0.506 e. The Balaban J connectivity index is 2.60. The first-order valence-corrected chi connectivity index (χ1v) is 6.14. The number of nitrogens with two attached hydrogens (primary N) is 1. The number of hydrogen-bond acceptors (Lipinski definition) is 7. The number of aromatic hydroxyl groups is 1. The Hall–Kier alpha value is -1.99. The van der Waals surface area contributed by atoms with Crippen molar-refractivity contribution in [2.45, 2.75) is 33.0 Å². The van der Waals surface area contributed by atoms with Crippen molar-refractivity contribution in [2.24, 2.45) is 5.73 Å². The molecule has 0 atom stereocenters. The summed E-state index contributed by atoms with van der Waals surface area (Å²) in [5.74, 6) is -0.872. The van der Waals surface area contributed by atoms with Gasteiger partial charge < -0.3 is 20.7 Å². The molecule has 110 valence electrons. The van der Waals surface area contributed by atoms with E-state index in [9.17, 15) is 19.8 Å². The zero-order valence-corrected chi connectivity index (χ0v) is 11.3. The fraction of sp³-hybridized carbons (Fsp3) is 0.462. The average molecular weight is 282 g/mol. The van der Waals surface area contributed by atoms with E-state index in [2.05, 4.69) is 4.98 Å². The van der Waals surface area contributed by atoms with Crippen molar-refractivity contribution in [1.29, 1.82) is 0 Å². The van der Waals surface area contributed by atoms with E-state index in [0.717, 1.165) is 0 Å². The molecule has 0 radical (unpaired) electrons. The highest BCUT2D eigenvalue weighted by Gasteiger charge is 2.13. The second-order valence-electron chi connectivity index (χ2n) is 4.26. The first-order chi connectivity index (χ1) is 9.49. The molecule has 1 rings (SSSR count). The molecule has 0 saturated carbocycles. The van der Waals surface area contributed by atoms with Gasteiger partial charge in [-0.25, -0.2) is 0 Å². The number of carbonyl (C=O) groups is 2. The van der Waals surface area contributed by atoms with Gasteiger partial charge in [-0.2, -0.15) is 0 Å². The molecule has 0 bridgehead atoms. The number of ether oxygens (including phenoxy) is 1. The summed E-state index contributed by atoms with van der Waals surface area (Å²) in [5.41, 5.74) is 6.22. The highest BCUT2D eigenvalue weighted by molar-refractivity contribution is 5.84. The van der Waals surface area contributed by atoms with Gasteiger partial charge in [0.2, 0.25) is 0 Å². The summed E-state index contributed by atoms with van der Waals surface area (Å²) in [6.07, 6.45) is 1.42. The van der Waals surface area contributed by atoms with Gasteiger partial charge in [0.25, 0.3) is 0 Å². The van der Waals surface area contributed by atoms with Gasteiger partial charge in [0.15, 0.2) is 0 Å². The quantitative estimate of drug-likeness (QED) is 0.598. The lowest BCUT2D eigenvalue weighted by atomic mass is 10.1. The summed E-state index contributed by atoms with van der Waals surface area (Å²) >= 11 is 0. The van der Waals surface area contributed by atoms with E-state index in [1.165, 1.54) is 6.20 Å². The third kappa shape index (κ3) is 4.29. The van der Waals surface area contributed by atoms with Crippen LogP contribution in [0.5, 0.6) is 5.75 Å². The number of ketones is 1. The highest BCUT2D eigenvalue weighted by atomic mass is 16.5. The van der Waals surface area contributed by atoms with Crippen LogP contribution in [-0.2, 0) is 27.5 Å². The van der Waals surface area contributed by atoms with Gasteiger partial charge >= 0.3 is 5.97 Å². The molecular weight excluding hydrogens is 264 g/mol. The fourth-order valence-corrected chi connectivity index (χ4v) is 1.56. The summed E-state index contributed by atoms with van der Waals surface area (Å²) in [7, 11) is 0. The number of aryl methyl sites for hydroxylation is 1. The van der Waals surface area contributed by atoms with Crippen LogP contribution in [0.2, 0.25) is 0 Å². The number of esters is 1. The molecule has 1 aromatic rings. The number of Topliss-reactive ketones (excluding diaryl/α,β-unsaturated/α-hetero) is 1. The Kier molecular flexibility index (Phi) is 6.08. The number of hydrogen-bond donors (Lipinski definition) is 3. The van der Waals surface area contributed by atoms with E-state index in [1.54, 1.807) is 6.92 Å². The van der Waals surface area contributed by atoms with Crippen LogP contribution in [0.25, 0.3) is 0 Å². The molecule has 0 aliphatic heterocycles. The van der Waals surface area contributed by atoms with Gasteiger partial charge in [-0.1, -0.05) is 0 Å². The Morgan fingerprint density at radius 1 is 1.40 bits per heavy atom. The molecule has 0 amide bonds. The van der Waals surface area contributed by atoms with Crippen LogP contribution >= 0.6 is 0 Å². The normalized spacial score (nSPS) is 10.3. The molecule has 0 aliphatic rings. The summed E-state index contributed by atoms with van der Waals surface area (Å²) in [6.45, 7) is 1.00. The third-order valence-corrected chi connectivity index (χ3v) is 2.81. The number of aromatic nitrogens is 1. The van der Waals surface area contributed by atoms with Crippen molar-refractivity contribution in [3.63, 3.8) is 0 Å². The smallest absolute Gasteiger partial charge is 0.306 e. The van der Waals surface area contributed by atoms with Crippen LogP contribution in [0, 0.1) is 6.92 Å². The average Bonchev–Trinajstić information content (AvgIpc) is 2.45. The molecule has 1 heterocycles. The number of nitrogens with zero attached hydrogens (tertiary/aromatic N) is 1. The number of pyridine rings is 1. The molecule has 4 N–H and O–H groups in total. The first kappa shape index (κ1) is 16.1. The number of rotatable bonds is 7. The zero-order valence-electron chi connectivity index (χ0n) is 11.3. The summed E-state index contributed by atoms with van der Waals surface area (Å²) in [5, 5.41) is 18.9. The molecule has 0 unspecified atom stereocenters. The van der Waals surface area contributed by atoms with E-state index in [0.29, 0.717) is 11.3 Å². The molecule has 0 spiro atoms. The third-order valence-electron chi connectivity index (χ3n) is 2.81. The lowest BCUT2D eigenvalue weighted by Gasteiger charge is -2.11. The van der Waals surface area contributed by atoms with Crippen LogP contribution in [0.15, 0.2) is 6.20 Å². The predicted molar refractivity (Wildman–Crippen MR) is 69.7 cm³/mol. The SMILES string of the molecule is Cc1ncc(COC(=O)CCC(=O)CN)c(CO)c1O. The number of aliphatic hydroxyl groups excluding tert-OH is 1. The molecule has 0 aromatic carbocycles. The van der Waals surface area contributed by atoms with Crippen LogP contribution in [0.4, 0.5) is 0 Å². The monoisotopic (exact) mass is 282 g/mol. The van der Waals surface area contributed by atoms with Crippen LogP contribution in [-0.4, -0.2) is 33.5 Å². The summed E-state index contributed by atoms with van der Waals surface area (Å²) in [4.78, 5) is 26.3. The second kappa shape index (κ2) is 7.56. The van der Waals surface area contributed by atoms with Crippen LogP contribution < -0.4 is 5.73 Å². The van der Waals surface area contributed by atoms with E-state index in [1.807, 2.05) is 0 Å². The lowest BCUT2D eigenvalue weighted by Crippen LogP contribution is -2.15. The molecule has 1 aromatic heterocycles. The Bertz CT molecular complexity index is 502. The van der Waals surface area contributed by atoms with E-state index in [4.69, 9.17) is 10.5 Å². The van der Waals surface area contributed by atoms with Crippen molar-refractivity contribution in [3.8, 4) is 5.75 Å². The maximum absolute atomic E-state index is 11.4. The molecule has 7 nitrogen and oxygen atoms in total. The maximum atomic E-state index is 11.4. The lowest BCUT2D eigenvalue weighted by molar-refractivity contribution is -0.146. The predicted octanol–water partition coefficient (Wildman–Crippen LogP) is -0.0609. The molecule has 7 heteroatoms. The van der Waals surface area contributed by atoms with E-state index >= 15 is 0 Å². The molecule has 0 saturated heterocycles. The first-order valence-electron chi connectivity index (χ1n) is 6.14. The molecule has 20 heavy (non-hydrogen) atoms. The van der Waals surface area contributed by atoms with Gasteiger partial charge in [-0.05, 0) is 6.92 Å². The number of carbonyl (C=O) groups excluding carboxylic acids is 2. The van der Waals surface area contributed by atoms with Gasteiger partial charge in [-0.3, -0.25) is 14.6 Å². The van der Waals surface area contributed by atoms with Crippen molar-refractivity contribution in [2.75, 3.05) is 6.54 Å². The highest BCUT2D eigenvalue weighted by Crippen LogP contribution is 2.24. The molecule has 0 fully saturated rings. The topological polar surface area (TPSA) is 123 Å². The van der Waals surface area contributed by atoms with Crippen molar-refractivity contribution in [1.82, 2.24) is 4.98 Å². The van der Waals surface area contributed by atoms with E-state index < -0.39 is 5.97 Å². The second-order valence-corrected chi connectivity index (χ2v) is 4.26. The zero-order chi connectivity index (χ0) is 15.1. The Labute approximate surface area is 116 Å². The minimum Gasteiger partial charge on any atom is -0.506 e. The van der Waals surface area contributed by atoms with Crippen LogP contribution in [0.3, 0.4) is 0 Å². The Morgan fingerprint density at radius 3 is 2.70 bits per heavy atom. The maximum Gasteiger partial charge on any atom is 0.306 e. The minimum atomic E-state index is -0.546. The van der Waals surface area contributed by atoms with Gasteiger partial charge in [-0.15, -0.1) is 0 Å². The fourth-order valence-electron chi connectivity index (χ4n) is 1.56. The van der Waals surface area contributed by atoms with Crippen LogP contribution in [0.1, 0.15) is 29.7 Å². The molecule has 0 aliphatic carbocycles. The minimum absolute atomic E-state index is 0.0413. The Morgan fingerprint density at radius 2 is 2.10 bits per heavy atom. The van der Waals surface area contributed by atoms with E-state index in [-0.39, 0.29) is 49.7 Å². The van der Waals surface area contributed by atoms with Crippen molar-refractivity contribution >= 4 is 11.8 Å². The van der Waals surface area contributed by atoms with Crippen molar-refractivity contribution in [3.05, 3.63) is 23.0 Å². The summed E-state index contributed by atoms with van der Waals surface area (Å²) < 4.78 is 4.97. The van der Waals surface area contributed by atoms with Gasteiger partial charge in [0.1, 0.15) is 18.1 Å². The standard InChI is InChI=1S/C13H18N2O5/c1-8-13(19)11(6-16)9(5-15-8)7-20-12(18)3-2-10(17)4-14/h5,16,19H,2-4,6-7,14H2,1H3. The molecular formula is C13H18N2O5. The van der Waals surface area contributed by atoms with Gasteiger partial charge in [0.05, 0.1) is 25.3 Å². The van der Waals surface area contributed by atoms with Gasteiger partial charge in [0, 0.05) is 23.7 Å². The van der Waals surface area contributed by atoms with Crippen molar-refractivity contribution < 1.29 is 24.5 Å². The number of aliphatic hydroxyl groups is 1. The summed E-state index contributed by atoms with van der Waals surface area (Å²) in [6, 6.07) is 0.